The monoisotopic (exact) mass is 266 g/mol. The summed E-state index contributed by atoms with van der Waals surface area (Å²) in [6.07, 6.45) is 8.04. The van der Waals surface area contributed by atoms with E-state index in [0.29, 0.717) is 11.3 Å². The van der Waals surface area contributed by atoms with Crippen molar-refractivity contribution >= 4 is 5.97 Å². The van der Waals surface area contributed by atoms with E-state index in [9.17, 15) is 4.79 Å². The van der Waals surface area contributed by atoms with Gasteiger partial charge >= 0.3 is 5.97 Å². The highest BCUT2D eigenvalue weighted by Gasteiger charge is 2.11. The van der Waals surface area contributed by atoms with Gasteiger partial charge in [0, 0.05) is 6.08 Å². The smallest absolute Gasteiger partial charge is 0.331 e. The maximum absolute atomic E-state index is 11.4. The van der Waals surface area contributed by atoms with E-state index in [1.165, 1.54) is 12.8 Å². The summed E-state index contributed by atoms with van der Waals surface area (Å²) >= 11 is 0. The fourth-order valence-electron chi connectivity index (χ4n) is 1.57. The Bertz CT molecular complexity index is 330. The molecule has 0 aliphatic carbocycles. The number of ether oxygens (including phenoxy) is 1. The topological polar surface area (TPSA) is 26.3 Å². The van der Waals surface area contributed by atoms with Crippen LogP contribution < -0.4 is 0 Å². The molecule has 1 atom stereocenters. The molecule has 0 radical (unpaired) electrons. The highest BCUT2D eigenvalue weighted by atomic mass is 16.5. The SMILES string of the molecule is CC(/C=C/C(C)CCC(C)(C)C)=C\C(=O)OC(C)C. The van der Waals surface area contributed by atoms with E-state index in [-0.39, 0.29) is 12.1 Å². The summed E-state index contributed by atoms with van der Waals surface area (Å²) in [5.41, 5.74) is 1.32. The Morgan fingerprint density at radius 3 is 2.26 bits per heavy atom. The Morgan fingerprint density at radius 2 is 1.79 bits per heavy atom. The molecule has 110 valence electrons. The molecule has 0 saturated heterocycles. The summed E-state index contributed by atoms with van der Waals surface area (Å²) in [7, 11) is 0. The van der Waals surface area contributed by atoms with Gasteiger partial charge < -0.3 is 4.74 Å². The molecule has 0 rings (SSSR count). The predicted molar refractivity (Wildman–Crippen MR) is 82.0 cm³/mol. The molecule has 2 heteroatoms. The average molecular weight is 266 g/mol. The fraction of sp³-hybridized carbons (Fsp3) is 0.706. The first-order valence-electron chi connectivity index (χ1n) is 7.17. The van der Waals surface area contributed by atoms with Crippen molar-refractivity contribution in [1.82, 2.24) is 0 Å². The zero-order valence-corrected chi connectivity index (χ0v) is 13.6. The lowest BCUT2D eigenvalue weighted by atomic mass is 9.87. The van der Waals surface area contributed by atoms with Crippen molar-refractivity contribution in [2.45, 2.75) is 67.4 Å². The molecule has 1 unspecified atom stereocenters. The van der Waals surface area contributed by atoms with E-state index in [1.807, 2.05) is 26.8 Å². The van der Waals surface area contributed by atoms with Crippen LogP contribution in [0.4, 0.5) is 0 Å². The summed E-state index contributed by atoms with van der Waals surface area (Å²) in [5.74, 6) is 0.267. The maximum Gasteiger partial charge on any atom is 0.331 e. The Kier molecular flexibility index (Phi) is 7.73. The summed E-state index contributed by atoms with van der Waals surface area (Å²) < 4.78 is 5.07. The van der Waals surface area contributed by atoms with E-state index in [0.717, 1.165) is 5.57 Å². The Labute approximate surface area is 118 Å². The van der Waals surface area contributed by atoms with Crippen LogP contribution in [0.25, 0.3) is 0 Å². The van der Waals surface area contributed by atoms with Crippen LogP contribution in [0.1, 0.15) is 61.3 Å². The van der Waals surface area contributed by atoms with Gasteiger partial charge in [-0.25, -0.2) is 4.79 Å². The zero-order valence-electron chi connectivity index (χ0n) is 13.6. The summed E-state index contributed by atoms with van der Waals surface area (Å²) in [6, 6.07) is 0. The van der Waals surface area contributed by atoms with Crippen molar-refractivity contribution in [1.29, 1.82) is 0 Å². The number of rotatable bonds is 6. The van der Waals surface area contributed by atoms with Gasteiger partial charge in [0.2, 0.25) is 0 Å². The van der Waals surface area contributed by atoms with Gasteiger partial charge in [0.05, 0.1) is 6.10 Å². The Balaban J connectivity index is 4.23. The van der Waals surface area contributed by atoms with E-state index < -0.39 is 0 Å². The van der Waals surface area contributed by atoms with Crippen molar-refractivity contribution in [2.24, 2.45) is 11.3 Å². The van der Waals surface area contributed by atoms with Gasteiger partial charge in [0.25, 0.3) is 0 Å². The molecule has 0 fully saturated rings. The Hall–Kier alpha value is -1.05. The number of hydrogen-bond acceptors (Lipinski definition) is 2. The molecule has 0 saturated carbocycles. The second-order valence-electron chi connectivity index (χ2n) is 6.81. The summed E-state index contributed by atoms with van der Waals surface area (Å²) in [6.45, 7) is 14.6. The molecule has 0 aromatic heterocycles. The van der Waals surface area contributed by atoms with Crippen molar-refractivity contribution in [2.75, 3.05) is 0 Å². The molecule has 0 spiro atoms. The first kappa shape index (κ1) is 17.9. The molecule has 0 amide bonds. The van der Waals surface area contributed by atoms with Crippen LogP contribution in [0, 0.1) is 11.3 Å². The minimum atomic E-state index is -0.264. The van der Waals surface area contributed by atoms with Crippen LogP contribution >= 0.6 is 0 Å². The number of carbonyl (C=O) groups is 1. The fourth-order valence-corrected chi connectivity index (χ4v) is 1.57. The lowest BCUT2D eigenvalue weighted by Gasteiger charge is -2.19. The maximum atomic E-state index is 11.4. The third kappa shape index (κ3) is 11.8. The average Bonchev–Trinajstić information content (AvgIpc) is 2.21. The van der Waals surface area contributed by atoms with E-state index in [4.69, 9.17) is 4.74 Å². The molecule has 0 bridgehead atoms. The second kappa shape index (κ2) is 8.19. The third-order valence-electron chi connectivity index (χ3n) is 2.73. The van der Waals surface area contributed by atoms with Gasteiger partial charge in [-0.15, -0.1) is 0 Å². The van der Waals surface area contributed by atoms with E-state index in [2.05, 4.69) is 33.8 Å². The van der Waals surface area contributed by atoms with Gasteiger partial charge in [0.15, 0.2) is 0 Å². The van der Waals surface area contributed by atoms with Crippen LogP contribution in [0.2, 0.25) is 0 Å². The van der Waals surface area contributed by atoms with Gasteiger partial charge in [0.1, 0.15) is 0 Å². The number of esters is 1. The normalized spacial score (nSPS) is 15.1. The number of hydrogen-bond donors (Lipinski definition) is 0. The molecular weight excluding hydrogens is 236 g/mol. The molecule has 0 aliphatic rings. The van der Waals surface area contributed by atoms with Gasteiger partial charge in [-0.2, -0.15) is 0 Å². The number of carbonyl (C=O) groups excluding carboxylic acids is 1. The molecule has 0 aliphatic heterocycles. The van der Waals surface area contributed by atoms with Crippen molar-refractivity contribution in [3.05, 3.63) is 23.8 Å². The minimum Gasteiger partial charge on any atom is -0.460 e. The lowest BCUT2D eigenvalue weighted by Crippen LogP contribution is -2.08. The largest absolute Gasteiger partial charge is 0.460 e. The standard InChI is InChI=1S/C17H30O2/c1-13(2)19-16(18)12-15(4)9-8-14(3)10-11-17(5,6)7/h8-9,12-14H,10-11H2,1-7H3/b9-8+,15-12+. The summed E-state index contributed by atoms with van der Waals surface area (Å²) in [5, 5.41) is 0. The highest BCUT2D eigenvalue weighted by Crippen LogP contribution is 2.24. The molecular formula is C17H30O2. The first-order chi connectivity index (χ1) is 8.60. The molecule has 2 nitrogen and oxygen atoms in total. The quantitative estimate of drug-likeness (QED) is 0.388. The zero-order chi connectivity index (χ0) is 15.1. The predicted octanol–water partition coefficient (Wildman–Crippen LogP) is 4.90. The van der Waals surface area contributed by atoms with E-state index in [1.54, 1.807) is 6.08 Å². The van der Waals surface area contributed by atoms with Crippen molar-refractivity contribution in [3.8, 4) is 0 Å². The van der Waals surface area contributed by atoms with Crippen molar-refractivity contribution in [3.63, 3.8) is 0 Å². The summed E-state index contributed by atoms with van der Waals surface area (Å²) in [4.78, 5) is 11.4. The van der Waals surface area contributed by atoms with Crippen LogP contribution in [-0.4, -0.2) is 12.1 Å². The third-order valence-corrected chi connectivity index (χ3v) is 2.73. The molecule has 19 heavy (non-hydrogen) atoms. The van der Waals surface area contributed by atoms with Crippen LogP contribution in [0.5, 0.6) is 0 Å². The second-order valence-corrected chi connectivity index (χ2v) is 6.81. The molecule has 0 aromatic rings. The molecule has 0 N–H and O–H groups in total. The number of allylic oxidation sites excluding steroid dienone is 3. The van der Waals surface area contributed by atoms with E-state index >= 15 is 0 Å². The van der Waals surface area contributed by atoms with Gasteiger partial charge in [-0.05, 0) is 50.5 Å². The minimum absolute atomic E-state index is 0.0637. The Morgan fingerprint density at radius 1 is 1.21 bits per heavy atom. The van der Waals surface area contributed by atoms with Crippen LogP contribution in [0.15, 0.2) is 23.8 Å². The van der Waals surface area contributed by atoms with Crippen molar-refractivity contribution < 1.29 is 9.53 Å². The lowest BCUT2D eigenvalue weighted by molar-refractivity contribution is -0.141. The van der Waals surface area contributed by atoms with Gasteiger partial charge in [-0.3, -0.25) is 0 Å². The van der Waals surface area contributed by atoms with Crippen LogP contribution in [-0.2, 0) is 9.53 Å². The molecule has 0 aromatic carbocycles. The molecule has 0 heterocycles. The highest BCUT2D eigenvalue weighted by molar-refractivity contribution is 5.83. The first-order valence-corrected chi connectivity index (χ1v) is 7.17. The van der Waals surface area contributed by atoms with Crippen LogP contribution in [0.3, 0.4) is 0 Å². The van der Waals surface area contributed by atoms with Gasteiger partial charge in [-0.1, -0.05) is 39.8 Å².